The molecule has 0 atom stereocenters. The lowest BCUT2D eigenvalue weighted by Gasteiger charge is -2.20. The van der Waals surface area contributed by atoms with Gasteiger partial charge in [0, 0.05) is 16.5 Å². The van der Waals surface area contributed by atoms with E-state index in [2.05, 4.69) is 161 Å². The van der Waals surface area contributed by atoms with Gasteiger partial charge in [-0.2, -0.15) is 5.26 Å². The smallest absolute Gasteiger partial charge is 0.195 e. The third-order valence-corrected chi connectivity index (χ3v) is 11.4. The van der Waals surface area contributed by atoms with E-state index in [0.29, 0.717) is 11.3 Å². The van der Waals surface area contributed by atoms with Gasteiger partial charge in [0.15, 0.2) is 5.69 Å². The van der Waals surface area contributed by atoms with Gasteiger partial charge in [-0.25, -0.2) is 4.85 Å². The predicted molar refractivity (Wildman–Crippen MR) is 229 cm³/mol. The summed E-state index contributed by atoms with van der Waals surface area (Å²) < 4.78 is 2.27. The largest absolute Gasteiger partial charge is 0.309 e. The van der Waals surface area contributed by atoms with Crippen molar-refractivity contribution in [1.82, 2.24) is 4.57 Å². The van der Waals surface area contributed by atoms with Crippen LogP contribution in [0, 0.1) is 17.9 Å². The number of hydrogen-bond acceptors (Lipinski definition) is 1. The van der Waals surface area contributed by atoms with Gasteiger partial charge in [0.2, 0.25) is 0 Å². The highest BCUT2D eigenvalue weighted by molar-refractivity contribution is 6.31. The van der Waals surface area contributed by atoms with Gasteiger partial charge in [-0.15, -0.1) is 0 Å². The summed E-state index contributed by atoms with van der Waals surface area (Å²) in [6.45, 7) is 8.02. The molecule has 0 unspecified atom stereocenters. The van der Waals surface area contributed by atoms with Gasteiger partial charge < -0.3 is 4.57 Å². The average molecular weight is 696 g/mol. The maximum Gasteiger partial charge on any atom is 0.195 e. The van der Waals surface area contributed by atoms with Gasteiger partial charge in [-0.05, 0) is 113 Å². The fourth-order valence-corrected chi connectivity index (χ4v) is 9.12. The third-order valence-electron chi connectivity index (χ3n) is 11.4. The molecule has 0 saturated heterocycles. The first-order valence-corrected chi connectivity index (χ1v) is 18.4. The molecule has 0 radical (unpaired) electrons. The van der Waals surface area contributed by atoms with E-state index in [1.165, 1.54) is 60.1 Å². The molecule has 0 N–H and O–H groups in total. The summed E-state index contributed by atoms with van der Waals surface area (Å²) in [5, 5.41) is 21.1. The van der Waals surface area contributed by atoms with Crippen LogP contribution in [0.3, 0.4) is 0 Å². The van der Waals surface area contributed by atoms with Crippen molar-refractivity contribution in [3.8, 4) is 45.1 Å². The number of fused-ring (bicyclic) bond motifs is 3. The van der Waals surface area contributed by atoms with Crippen molar-refractivity contribution < 1.29 is 0 Å². The van der Waals surface area contributed by atoms with E-state index < -0.39 is 0 Å². The number of nitrogens with zero attached hydrogens (tertiary/aromatic N) is 3. The highest BCUT2D eigenvalue weighted by Crippen LogP contribution is 2.50. The first-order chi connectivity index (χ1) is 27.2. The molecule has 0 amide bonds. The first-order valence-electron chi connectivity index (χ1n) is 18.4. The van der Waals surface area contributed by atoms with Crippen LogP contribution in [0.4, 0.5) is 5.69 Å². The highest BCUT2D eigenvalue weighted by Gasteiger charge is 2.24. The van der Waals surface area contributed by atoms with E-state index in [4.69, 9.17) is 6.57 Å². The number of hydrogen-bond donors (Lipinski definition) is 0. The molecule has 1 aromatic heterocycles. The Morgan fingerprint density at radius 1 is 0.418 bits per heavy atom. The zero-order valence-electron chi connectivity index (χ0n) is 29.6. The summed E-state index contributed by atoms with van der Waals surface area (Å²) in [7, 11) is 0. The summed E-state index contributed by atoms with van der Waals surface area (Å²) in [6, 6.07) is 64.6. The molecule has 1 heterocycles. The summed E-state index contributed by atoms with van der Waals surface area (Å²) in [5.74, 6) is 0. The van der Waals surface area contributed by atoms with E-state index in [-0.39, 0.29) is 0 Å². The van der Waals surface area contributed by atoms with Crippen LogP contribution < -0.4 is 0 Å². The fourth-order valence-electron chi connectivity index (χ4n) is 9.12. The number of benzene rings is 10. The summed E-state index contributed by atoms with van der Waals surface area (Å²) in [6.07, 6.45) is 0. The number of nitriles is 1. The van der Waals surface area contributed by atoms with Crippen molar-refractivity contribution in [3.05, 3.63) is 193 Å². The SMILES string of the molecule is [C-]#[N+]c1ccc2c3c1ccc1c(-c4c5ccccc5c(-c5ccc(-c6ccccc6)c6ccccc56)c5ccccc45)ccc(c13)n2-c1ccc(C#N)cc1. The van der Waals surface area contributed by atoms with Crippen molar-refractivity contribution in [2.24, 2.45) is 0 Å². The van der Waals surface area contributed by atoms with Crippen LogP contribution in [0.5, 0.6) is 0 Å². The molecular weight excluding hydrogens is 667 g/mol. The van der Waals surface area contributed by atoms with Crippen LogP contribution in [0.2, 0.25) is 0 Å². The van der Waals surface area contributed by atoms with Crippen LogP contribution in [0.25, 0.3) is 109 Å². The van der Waals surface area contributed by atoms with Gasteiger partial charge >= 0.3 is 0 Å². The first kappa shape index (κ1) is 30.9. The van der Waals surface area contributed by atoms with Crippen LogP contribution in [0.15, 0.2) is 176 Å². The quantitative estimate of drug-likeness (QED) is 0.102. The Bertz CT molecular complexity index is 3370. The van der Waals surface area contributed by atoms with E-state index in [0.717, 1.165) is 43.8 Å². The lowest BCUT2D eigenvalue weighted by atomic mass is 9.82. The van der Waals surface area contributed by atoms with Gasteiger partial charge in [0.05, 0.1) is 29.2 Å². The summed E-state index contributed by atoms with van der Waals surface area (Å²) in [4.78, 5) is 3.93. The molecule has 11 aromatic rings. The molecule has 0 bridgehead atoms. The van der Waals surface area contributed by atoms with E-state index in [9.17, 15) is 5.26 Å². The zero-order valence-corrected chi connectivity index (χ0v) is 29.6. The van der Waals surface area contributed by atoms with Gasteiger partial charge in [-0.3, -0.25) is 0 Å². The molecule has 252 valence electrons. The van der Waals surface area contributed by atoms with Gasteiger partial charge in [0.1, 0.15) is 0 Å². The Morgan fingerprint density at radius 3 is 1.49 bits per heavy atom. The highest BCUT2D eigenvalue weighted by atomic mass is 15.0. The Labute approximate surface area is 317 Å². The molecule has 10 aromatic carbocycles. The van der Waals surface area contributed by atoms with Crippen LogP contribution in [-0.2, 0) is 0 Å². The minimum Gasteiger partial charge on any atom is -0.309 e. The average Bonchev–Trinajstić information content (AvgIpc) is 3.60. The molecular formula is C52H29N3. The predicted octanol–water partition coefficient (Wildman–Crippen LogP) is 14.3. The molecule has 11 rings (SSSR count). The molecule has 0 aliphatic carbocycles. The van der Waals surface area contributed by atoms with Crippen LogP contribution >= 0.6 is 0 Å². The molecule has 3 heteroatoms. The normalized spacial score (nSPS) is 11.6. The lowest BCUT2D eigenvalue weighted by Crippen LogP contribution is -1.94. The van der Waals surface area contributed by atoms with Crippen molar-refractivity contribution in [2.75, 3.05) is 0 Å². The molecule has 3 nitrogen and oxygen atoms in total. The van der Waals surface area contributed by atoms with E-state index in [1.54, 1.807) is 0 Å². The maximum absolute atomic E-state index is 9.52. The Kier molecular flexibility index (Phi) is 6.68. The second-order valence-electron chi connectivity index (χ2n) is 14.2. The standard InChI is InChI=1S/C52H29N3/c1-54-46-28-30-48-52-45(46)26-25-44-43(27-29-47(51(44)52)55(48)34-21-19-32(31-53)20-22-34)50-40-17-9-7-15-38(40)49(39-16-8-10-18-41(39)50)42-24-23-35(33-11-3-2-4-12-33)36-13-5-6-14-37(36)42/h2-30H. The van der Waals surface area contributed by atoms with Crippen molar-refractivity contribution >= 4 is 70.6 Å². The zero-order chi connectivity index (χ0) is 36.6. The number of rotatable bonds is 4. The van der Waals surface area contributed by atoms with E-state index in [1.807, 2.05) is 30.3 Å². The third kappa shape index (κ3) is 4.42. The van der Waals surface area contributed by atoms with Gasteiger partial charge in [-0.1, -0.05) is 140 Å². The number of aromatic nitrogens is 1. The molecule has 0 saturated carbocycles. The second-order valence-corrected chi connectivity index (χ2v) is 14.2. The minimum absolute atomic E-state index is 0.622. The minimum atomic E-state index is 0.622. The Morgan fingerprint density at radius 2 is 0.891 bits per heavy atom. The second kappa shape index (κ2) is 11.9. The van der Waals surface area contributed by atoms with Crippen LogP contribution in [-0.4, -0.2) is 4.57 Å². The summed E-state index contributed by atoms with van der Waals surface area (Å²) in [5.41, 5.74) is 11.6. The molecule has 0 aliphatic heterocycles. The molecule has 0 spiro atoms. The molecule has 0 fully saturated rings. The fraction of sp³-hybridized carbons (Fsp3) is 0. The van der Waals surface area contributed by atoms with E-state index >= 15 is 0 Å². The van der Waals surface area contributed by atoms with Crippen LogP contribution in [0.1, 0.15) is 5.56 Å². The summed E-state index contributed by atoms with van der Waals surface area (Å²) >= 11 is 0. The van der Waals surface area contributed by atoms with Crippen molar-refractivity contribution in [1.29, 1.82) is 5.26 Å². The Balaban J connectivity index is 1.24. The molecule has 0 aliphatic rings. The maximum atomic E-state index is 9.52. The lowest BCUT2D eigenvalue weighted by molar-refractivity contribution is 1.18. The monoisotopic (exact) mass is 695 g/mol. The van der Waals surface area contributed by atoms with Crippen molar-refractivity contribution in [2.45, 2.75) is 0 Å². The van der Waals surface area contributed by atoms with Gasteiger partial charge in [0.25, 0.3) is 0 Å². The van der Waals surface area contributed by atoms with Crippen molar-refractivity contribution in [3.63, 3.8) is 0 Å². The Hall–Kier alpha value is -7.72. The topological polar surface area (TPSA) is 33.1 Å². The molecule has 55 heavy (non-hydrogen) atoms.